The number of carbonyl (C=O) groups is 3. The van der Waals surface area contributed by atoms with Crippen LogP contribution in [0, 0.1) is 0 Å². The fourth-order valence-electron chi connectivity index (χ4n) is 3.88. The molecule has 0 atom stereocenters. The van der Waals surface area contributed by atoms with Gasteiger partial charge >= 0.3 is 6.03 Å². The minimum absolute atomic E-state index is 0.167. The van der Waals surface area contributed by atoms with Crippen LogP contribution in [0.1, 0.15) is 43.7 Å². The number of urea groups is 1. The average Bonchev–Trinajstić information content (AvgIpc) is 3.31. The first-order chi connectivity index (χ1) is 14.5. The van der Waals surface area contributed by atoms with Crippen molar-refractivity contribution >= 4 is 41.2 Å². The van der Waals surface area contributed by atoms with Crippen molar-refractivity contribution < 1.29 is 14.4 Å². The van der Waals surface area contributed by atoms with Crippen LogP contribution in [0.3, 0.4) is 0 Å². The van der Waals surface area contributed by atoms with Gasteiger partial charge in [-0.1, -0.05) is 30.9 Å². The molecule has 4 amide bonds. The van der Waals surface area contributed by atoms with Gasteiger partial charge in [0, 0.05) is 29.1 Å². The molecule has 2 N–H and O–H groups in total. The highest BCUT2D eigenvalue weighted by Gasteiger charge is 2.35. The number of anilines is 1. The van der Waals surface area contributed by atoms with Gasteiger partial charge in [0.1, 0.15) is 12.2 Å². The van der Waals surface area contributed by atoms with Crippen molar-refractivity contribution in [3.63, 3.8) is 0 Å². The van der Waals surface area contributed by atoms with Gasteiger partial charge in [0.25, 0.3) is 5.91 Å². The molecule has 0 bridgehead atoms. The molecule has 156 valence electrons. The third kappa shape index (κ3) is 4.57. The zero-order chi connectivity index (χ0) is 21.1. The van der Waals surface area contributed by atoms with E-state index in [9.17, 15) is 14.4 Å². The second-order valence-electron chi connectivity index (χ2n) is 7.62. The van der Waals surface area contributed by atoms with Gasteiger partial charge in [-0.15, -0.1) is 0 Å². The van der Waals surface area contributed by atoms with Gasteiger partial charge in [0.05, 0.1) is 0 Å². The van der Waals surface area contributed by atoms with E-state index in [1.54, 1.807) is 30.3 Å². The van der Waals surface area contributed by atoms with Gasteiger partial charge in [0.15, 0.2) is 0 Å². The first-order valence-electron chi connectivity index (χ1n) is 10.1. The van der Waals surface area contributed by atoms with E-state index in [2.05, 4.69) is 15.2 Å². The van der Waals surface area contributed by atoms with Gasteiger partial charge in [-0.05, 0) is 54.8 Å². The Morgan fingerprint density at radius 2 is 1.87 bits per heavy atom. The van der Waals surface area contributed by atoms with Crippen LogP contribution in [-0.2, 0) is 9.59 Å². The Hall–Kier alpha value is -3.06. The predicted octanol–water partition coefficient (Wildman–Crippen LogP) is 4.18. The number of aromatic nitrogens is 1. The third-order valence-corrected chi connectivity index (χ3v) is 5.69. The second kappa shape index (κ2) is 8.75. The number of hydrogen-bond acceptors (Lipinski definition) is 3. The van der Waals surface area contributed by atoms with Crippen LogP contribution in [0.4, 0.5) is 10.5 Å². The molecule has 0 unspecified atom stereocenters. The quantitative estimate of drug-likeness (QED) is 0.555. The molecule has 1 aromatic heterocycles. The third-order valence-electron chi connectivity index (χ3n) is 5.44. The summed E-state index contributed by atoms with van der Waals surface area (Å²) >= 11 is 5.83. The van der Waals surface area contributed by atoms with Crippen molar-refractivity contribution in [2.75, 3.05) is 11.9 Å². The Morgan fingerprint density at radius 1 is 1.13 bits per heavy atom. The van der Waals surface area contributed by atoms with Gasteiger partial charge < -0.3 is 15.2 Å². The molecule has 1 saturated carbocycles. The topological polar surface area (TPSA) is 83.4 Å². The second-order valence-corrected chi connectivity index (χ2v) is 8.05. The molecular formula is C22H23ClN4O3. The lowest BCUT2D eigenvalue weighted by atomic mass is 9.95. The number of hydrogen-bond donors (Lipinski definition) is 2. The minimum atomic E-state index is -0.607. The molecule has 2 aliphatic rings. The average molecular weight is 427 g/mol. The summed E-state index contributed by atoms with van der Waals surface area (Å²) in [7, 11) is 0. The fraction of sp³-hybridized carbons (Fsp3) is 0.318. The number of amides is 4. The number of nitrogens with one attached hydrogen (secondary N) is 2. The molecule has 1 aliphatic heterocycles. The van der Waals surface area contributed by atoms with Crippen molar-refractivity contribution in [3.8, 4) is 0 Å². The Labute approximate surface area is 179 Å². The maximum absolute atomic E-state index is 12.6. The van der Waals surface area contributed by atoms with Crippen LogP contribution >= 0.6 is 11.6 Å². The molecule has 0 spiro atoms. The maximum atomic E-state index is 12.6. The van der Waals surface area contributed by atoms with Crippen molar-refractivity contribution in [2.45, 2.75) is 38.1 Å². The molecule has 1 aliphatic carbocycles. The molecule has 2 fully saturated rings. The van der Waals surface area contributed by atoms with Crippen LogP contribution in [0.2, 0.25) is 5.02 Å². The van der Waals surface area contributed by atoms with E-state index >= 15 is 0 Å². The normalized spacial score (nSPS) is 18.7. The van der Waals surface area contributed by atoms with Crippen LogP contribution in [0.5, 0.6) is 0 Å². The number of carbonyl (C=O) groups excluding carboxylic acids is 3. The summed E-state index contributed by atoms with van der Waals surface area (Å²) in [4.78, 5) is 38.0. The van der Waals surface area contributed by atoms with Gasteiger partial charge in [-0.25, -0.2) is 9.69 Å². The Balaban J connectivity index is 1.40. The van der Waals surface area contributed by atoms with Crippen LogP contribution < -0.4 is 10.6 Å². The molecule has 7 nitrogen and oxygen atoms in total. The lowest BCUT2D eigenvalue weighted by Crippen LogP contribution is -2.38. The molecule has 4 rings (SSSR count). The van der Waals surface area contributed by atoms with Crippen molar-refractivity contribution in [1.82, 2.24) is 14.8 Å². The van der Waals surface area contributed by atoms with Crippen molar-refractivity contribution in [2.24, 2.45) is 0 Å². The summed E-state index contributed by atoms with van der Waals surface area (Å²) in [5, 5.41) is 5.76. The number of halogens is 1. The summed E-state index contributed by atoms with van der Waals surface area (Å²) < 4.78 is 2.18. The highest BCUT2D eigenvalue weighted by Crippen LogP contribution is 2.29. The molecule has 0 radical (unpaired) electrons. The maximum Gasteiger partial charge on any atom is 0.329 e. The number of benzene rings is 1. The smallest absolute Gasteiger partial charge is 0.329 e. The Morgan fingerprint density at radius 3 is 2.60 bits per heavy atom. The molecule has 1 aromatic carbocycles. The molecule has 1 saturated heterocycles. The molecule has 8 heteroatoms. The number of nitrogens with zero attached hydrogens (tertiary/aromatic N) is 2. The van der Waals surface area contributed by atoms with E-state index in [1.807, 2.05) is 18.5 Å². The molecule has 2 heterocycles. The summed E-state index contributed by atoms with van der Waals surface area (Å²) in [6.45, 7) is -0.367. The van der Waals surface area contributed by atoms with Crippen LogP contribution in [0.15, 0.2) is 48.4 Å². The summed E-state index contributed by atoms with van der Waals surface area (Å²) in [6, 6.07) is 8.40. The van der Waals surface area contributed by atoms with Gasteiger partial charge in [-0.3, -0.25) is 9.59 Å². The number of imide groups is 1. The van der Waals surface area contributed by atoms with Crippen molar-refractivity contribution in [1.29, 1.82) is 0 Å². The number of rotatable bonds is 5. The monoisotopic (exact) mass is 426 g/mol. The Bertz CT molecular complexity index is 990. The molecule has 2 aromatic rings. The minimum Gasteiger partial charge on any atom is -0.351 e. The van der Waals surface area contributed by atoms with E-state index in [0.717, 1.165) is 23.3 Å². The zero-order valence-corrected chi connectivity index (χ0v) is 17.2. The van der Waals surface area contributed by atoms with Gasteiger partial charge in [0.2, 0.25) is 5.91 Å². The lowest BCUT2D eigenvalue weighted by Gasteiger charge is -2.23. The SMILES string of the molecule is O=C(CN1C(=O)N/C(=C/c2ccn(C3CCCCC3)c2)C1=O)Nc1ccc(Cl)cc1. The fourth-order valence-corrected chi connectivity index (χ4v) is 4.01. The molecule has 30 heavy (non-hydrogen) atoms. The van der Waals surface area contributed by atoms with Crippen molar-refractivity contribution in [3.05, 3.63) is 59.0 Å². The largest absolute Gasteiger partial charge is 0.351 e. The van der Waals surface area contributed by atoms with Crippen LogP contribution in [0.25, 0.3) is 6.08 Å². The highest BCUT2D eigenvalue weighted by atomic mass is 35.5. The van der Waals surface area contributed by atoms with E-state index in [-0.39, 0.29) is 12.2 Å². The van der Waals surface area contributed by atoms with E-state index in [4.69, 9.17) is 11.6 Å². The summed E-state index contributed by atoms with van der Waals surface area (Å²) in [6.07, 6.45) is 11.8. The predicted molar refractivity (Wildman–Crippen MR) is 115 cm³/mol. The molecular weight excluding hydrogens is 404 g/mol. The first-order valence-corrected chi connectivity index (χ1v) is 10.4. The lowest BCUT2D eigenvalue weighted by molar-refractivity contribution is -0.127. The Kier molecular flexibility index (Phi) is 5.90. The zero-order valence-electron chi connectivity index (χ0n) is 16.4. The highest BCUT2D eigenvalue weighted by molar-refractivity contribution is 6.30. The van der Waals surface area contributed by atoms with E-state index in [0.29, 0.717) is 16.8 Å². The van der Waals surface area contributed by atoms with Gasteiger partial charge in [-0.2, -0.15) is 0 Å². The standard InChI is InChI=1S/C22H23ClN4O3/c23-16-6-8-17(9-7-16)24-20(28)14-27-21(29)19(25-22(27)30)12-15-10-11-26(13-15)18-4-2-1-3-5-18/h6-13,18H,1-5,14H2,(H,24,28)(H,25,30)/b19-12+. The van der Waals surface area contributed by atoms with E-state index in [1.165, 1.54) is 19.3 Å². The first kappa shape index (κ1) is 20.2. The van der Waals surface area contributed by atoms with E-state index < -0.39 is 17.8 Å². The summed E-state index contributed by atoms with van der Waals surface area (Å²) in [5.41, 5.74) is 1.55. The summed E-state index contributed by atoms with van der Waals surface area (Å²) in [5.74, 6) is -0.984. The van der Waals surface area contributed by atoms with Crippen LogP contribution in [-0.4, -0.2) is 33.9 Å².